The van der Waals surface area contributed by atoms with Crippen molar-refractivity contribution in [2.24, 2.45) is 5.41 Å². The number of carbonyl (C=O) groups is 1. The van der Waals surface area contributed by atoms with Gasteiger partial charge in [0, 0.05) is 15.5 Å². The molecule has 1 atom stereocenters. The third kappa shape index (κ3) is 3.57. The minimum Gasteiger partial charge on any atom is -0.465 e. The molecule has 0 saturated heterocycles. The molecular formula is C19H19BrN2O4S. The van der Waals surface area contributed by atoms with Gasteiger partial charge in [0.25, 0.3) is 0 Å². The molecule has 142 valence electrons. The Labute approximate surface area is 166 Å². The average Bonchev–Trinajstić information content (AvgIpc) is 2.59. The van der Waals surface area contributed by atoms with Gasteiger partial charge in [0.05, 0.1) is 16.5 Å². The van der Waals surface area contributed by atoms with E-state index in [0.29, 0.717) is 10.0 Å². The van der Waals surface area contributed by atoms with Crippen LogP contribution in [0.1, 0.15) is 31.9 Å². The van der Waals surface area contributed by atoms with E-state index in [1.54, 1.807) is 39.0 Å². The van der Waals surface area contributed by atoms with Crippen molar-refractivity contribution in [2.45, 2.75) is 30.5 Å². The van der Waals surface area contributed by atoms with E-state index in [0.717, 1.165) is 0 Å². The maximum Gasteiger partial charge on any atom is 0.406 e. The molecule has 27 heavy (non-hydrogen) atoms. The Morgan fingerprint density at radius 3 is 2.19 bits per heavy atom. The molecule has 0 aliphatic carbocycles. The van der Waals surface area contributed by atoms with E-state index in [9.17, 15) is 18.3 Å². The molecule has 0 aliphatic heterocycles. The van der Waals surface area contributed by atoms with Crippen LogP contribution in [0.25, 0.3) is 0 Å². The summed E-state index contributed by atoms with van der Waals surface area (Å²) >= 11 is 3.32. The van der Waals surface area contributed by atoms with Crippen LogP contribution < -0.4 is 5.32 Å². The number of hydrogen-bond donors (Lipinski definition) is 2. The highest BCUT2D eigenvalue weighted by Gasteiger charge is 2.57. The molecule has 0 saturated carbocycles. The Bertz CT molecular complexity index is 1010. The lowest BCUT2D eigenvalue weighted by Crippen LogP contribution is -2.59. The maximum absolute atomic E-state index is 13.7. The average molecular weight is 451 g/mol. The summed E-state index contributed by atoms with van der Waals surface area (Å²) in [6.45, 7) is 4.94. The number of nitrogens with zero attached hydrogens (tertiary/aromatic N) is 1. The minimum absolute atomic E-state index is 0.00932. The van der Waals surface area contributed by atoms with E-state index in [1.807, 2.05) is 6.07 Å². The van der Waals surface area contributed by atoms with Crippen molar-refractivity contribution in [2.75, 3.05) is 0 Å². The van der Waals surface area contributed by atoms with Gasteiger partial charge in [-0.1, -0.05) is 61.0 Å². The lowest BCUT2D eigenvalue weighted by atomic mass is 9.81. The van der Waals surface area contributed by atoms with Gasteiger partial charge in [-0.3, -0.25) is 5.32 Å². The predicted octanol–water partition coefficient (Wildman–Crippen LogP) is 4.26. The molecule has 2 aromatic rings. The van der Waals surface area contributed by atoms with Gasteiger partial charge in [0.2, 0.25) is 9.84 Å². The van der Waals surface area contributed by atoms with Crippen molar-refractivity contribution < 1.29 is 18.3 Å². The summed E-state index contributed by atoms with van der Waals surface area (Å²) in [5.74, 6) is 0. The number of hydrogen-bond acceptors (Lipinski definition) is 4. The standard InChI is InChI=1S/C19H19BrN2O4S/c1-18(2,3)19(22-17(23)24,15-10-9-13(12-21)11-16(15)20)27(25,26)14-7-5-4-6-8-14/h4-11,22H,1-3H3,(H,23,24). The molecule has 0 radical (unpaired) electrons. The zero-order valence-corrected chi connectivity index (χ0v) is 17.4. The summed E-state index contributed by atoms with van der Waals surface area (Å²) in [4.78, 5) is 9.69. The van der Waals surface area contributed by atoms with Crippen LogP contribution in [0.2, 0.25) is 0 Å². The molecule has 1 amide bonds. The summed E-state index contributed by atoms with van der Waals surface area (Å²) in [5.41, 5.74) is -0.544. The first-order chi connectivity index (χ1) is 12.5. The molecule has 0 heterocycles. The number of amides is 1. The van der Waals surface area contributed by atoms with Crippen LogP contribution in [0, 0.1) is 16.7 Å². The topological polar surface area (TPSA) is 107 Å². The van der Waals surface area contributed by atoms with Crippen molar-refractivity contribution in [3.63, 3.8) is 0 Å². The first-order valence-corrected chi connectivity index (χ1v) is 10.3. The first kappa shape index (κ1) is 20.9. The zero-order valence-electron chi connectivity index (χ0n) is 15.0. The van der Waals surface area contributed by atoms with Crippen LogP contribution >= 0.6 is 15.9 Å². The van der Waals surface area contributed by atoms with Gasteiger partial charge in [0.1, 0.15) is 0 Å². The van der Waals surface area contributed by atoms with Gasteiger partial charge >= 0.3 is 6.09 Å². The van der Waals surface area contributed by atoms with Crippen molar-refractivity contribution in [1.29, 1.82) is 5.26 Å². The van der Waals surface area contributed by atoms with E-state index in [2.05, 4.69) is 21.2 Å². The van der Waals surface area contributed by atoms with Gasteiger partial charge in [0.15, 0.2) is 4.87 Å². The molecule has 0 aromatic heterocycles. The summed E-state index contributed by atoms with van der Waals surface area (Å²) < 4.78 is 27.8. The van der Waals surface area contributed by atoms with Gasteiger partial charge in [-0.15, -0.1) is 0 Å². The predicted molar refractivity (Wildman–Crippen MR) is 105 cm³/mol. The maximum atomic E-state index is 13.7. The van der Waals surface area contributed by atoms with Gasteiger partial charge in [-0.25, -0.2) is 13.2 Å². The molecule has 0 fully saturated rings. The highest BCUT2D eigenvalue weighted by molar-refractivity contribution is 9.10. The smallest absolute Gasteiger partial charge is 0.406 e. The van der Waals surface area contributed by atoms with E-state index in [1.165, 1.54) is 30.3 Å². The Balaban J connectivity index is 2.97. The van der Waals surface area contributed by atoms with E-state index < -0.39 is 26.2 Å². The summed E-state index contributed by atoms with van der Waals surface area (Å²) in [5, 5.41) is 20.9. The van der Waals surface area contributed by atoms with E-state index in [4.69, 9.17) is 5.26 Å². The molecule has 2 rings (SSSR count). The third-order valence-corrected chi connectivity index (χ3v) is 7.56. The molecule has 2 aromatic carbocycles. The Morgan fingerprint density at radius 1 is 1.15 bits per heavy atom. The second-order valence-electron chi connectivity index (χ2n) is 6.98. The third-order valence-electron chi connectivity index (χ3n) is 4.27. The number of nitrogens with one attached hydrogen (secondary N) is 1. The fraction of sp³-hybridized carbons (Fsp3) is 0.263. The van der Waals surface area contributed by atoms with Crippen LogP contribution in [0.5, 0.6) is 0 Å². The van der Waals surface area contributed by atoms with Gasteiger partial charge < -0.3 is 5.11 Å². The van der Waals surface area contributed by atoms with Crippen LogP contribution in [-0.4, -0.2) is 19.6 Å². The highest BCUT2D eigenvalue weighted by Crippen LogP contribution is 2.49. The monoisotopic (exact) mass is 450 g/mol. The number of nitriles is 1. The molecule has 1 unspecified atom stereocenters. The van der Waals surface area contributed by atoms with E-state index in [-0.39, 0.29) is 10.5 Å². The number of benzene rings is 2. The molecular weight excluding hydrogens is 432 g/mol. The van der Waals surface area contributed by atoms with Crippen LogP contribution in [-0.2, 0) is 14.7 Å². The highest BCUT2D eigenvalue weighted by atomic mass is 79.9. The van der Waals surface area contributed by atoms with Gasteiger partial charge in [-0.2, -0.15) is 5.26 Å². The number of carboxylic acid groups (broad SMARTS) is 1. The fourth-order valence-electron chi connectivity index (χ4n) is 3.07. The van der Waals surface area contributed by atoms with Crippen molar-refractivity contribution in [1.82, 2.24) is 5.32 Å². The summed E-state index contributed by atoms with van der Waals surface area (Å²) in [7, 11) is -4.22. The van der Waals surface area contributed by atoms with Gasteiger partial charge in [-0.05, 0) is 24.3 Å². The number of rotatable bonds is 4. The lowest BCUT2D eigenvalue weighted by molar-refractivity contribution is 0.160. The molecule has 0 spiro atoms. The Kier molecular flexibility index (Phi) is 5.68. The second-order valence-corrected chi connectivity index (χ2v) is 9.93. The zero-order chi connectivity index (χ0) is 20.5. The minimum atomic E-state index is -4.22. The van der Waals surface area contributed by atoms with Crippen molar-refractivity contribution >= 4 is 31.9 Å². The summed E-state index contributed by atoms with van der Waals surface area (Å²) in [6.07, 6.45) is -1.47. The van der Waals surface area contributed by atoms with Crippen LogP contribution in [0.15, 0.2) is 57.9 Å². The van der Waals surface area contributed by atoms with E-state index >= 15 is 0 Å². The molecule has 0 bridgehead atoms. The Hall–Kier alpha value is -2.37. The molecule has 8 heteroatoms. The molecule has 2 N–H and O–H groups in total. The normalized spacial score (nSPS) is 14.0. The largest absolute Gasteiger partial charge is 0.465 e. The SMILES string of the molecule is CC(C)(C)C(NC(=O)O)(c1ccc(C#N)cc1Br)S(=O)(=O)c1ccccc1. The summed E-state index contributed by atoms with van der Waals surface area (Å²) in [6, 6.07) is 14.1. The quantitative estimate of drug-likeness (QED) is 0.722. The van der Waals surface area contributed by atoms with Crippen molar-refractivity contribution in [3.8, 4) is 6.07 Å². The van der Waals surface area contributed by atoms with Crippen LogP contribution in [0.3, 0.4) is 0 Å². The van der Waals surface area contributed by atoms with Crippen molar-refractivity contribution in [3.05, 3.63) is 64.1 Å². The second kappa shape index (κ2) is 7.33. The molecule has 6 nitrogen and oxygen atoms in total. The number of halogens is 1. The lowest BCUT2D eigenvalue weighted by Gasteiger charge is -2.44. The molecule has 0 aliphatic rings. The first-order valence-electron chi connectivity index (χ1n) is 7.98. The fourth-order valence-corrected chi connectivity index (χ4v) is 6.24. The Morgan fingerprint density at radius 2 is 1.74 bits per heavy atom. The van der Waals surface area contributed by atoms with Crippen LogP contribution in [0.4, 0.5) is 4.79 Å². The number of sulfone groups is 1.